The lowest BCUT2D eigenvalue weighted by atomic mass is 9.87. The molecular weight excluding hydrogens is 390 g/mol. The Bertz CT molecular complexity index is 1130. The fraction of sp³-hybridized carbons (Fsp3) is 0.345. The van der Waals surface area contributed by atoms with Crippen LogP contribution in [0.5, 0.6) is 0 Å². The number of hydrogen-bond acceptors (Lipinski definition) is 3. The van der Waals surface area contributed by atoms with Gasteiger partial charge in [-0.15, -0.1) is 0 Å². The fourth-order valence-corrected chi connectivity index (χ4v) is 5.06. The first-order chi connectivity index (χ1) is 15.5. The van der Waals surface area contributed by atoms with E-state index < -0.39 is 0 Å². The van der Waals surface area contributed by atoms with Crippen LogP contribution in [0, 0.1) is 27.7 Å². The minimum Gasteiger partial charge on any atom is -0.251 e. The van der Waals surface area contributed by atoms with Crippen molar-refractivity contribution in [1.82, 2.24) is 4.98 Å². The van der Waals surface area contributed by atoms with Crippen molar-refractivity contribution in [3.63, 3.8) is 0 Å². The lowest BCUT2D eigenvalue weighted by molar-refractivity contribution is 0.791. The Kier molecular flexibility index (Phi) is 5.50. The van der Waals surface area contributed by atoms with E-state index in [1.54, 1.807) is 0 Å². The molecule has 0 saturated heterocycles. The highest BCUT2D eigenvalue weighted by Crippen LogP contribution is 2.32. The summed E-state index contributed by atoms with van der Waals surface area (Å²) in [5.74, 6) is 0. The van der Waals surface area contributed by atoms with Gasteiger partial charge in [-0.3, -0.25) is 9.98 Å². The van der Waals surface area contributed by atoms with E-state index in [1.807, 2.05) is 0 Å². The molecule has 1 heterocycles. The average Bonchev–Trinajstić information content (AvgIpc) is 2.78. The smallest absolute Gasteiger partial charge is 0.0884 e. The van der Waals surface area contributed by atoms with E-state index in [0.717, 1.165) is 72.7 Å². The van der Waals surface area contributed by atoms with Gasteiger partial charge in [0.15, 0.2) is 0 Å². The molecule has 3 nitrogen and oxygen atoms in total. The number of para-hydroxylation sites is 2. The van der Waals surface area contributed by atoms with Gasteiger partial charge in [-0.25, -0.2) is 4.98 Å². The first-order valence-corrected chi connectivity index (χ1v) is 11.8. The monoisotopic (exact) mass is 421 g/mol. The van der Waals surface area contributed by atoms with Crippen molar-refractivity contribution in [1.29, 1.82) is 0 Å². The molecule has 0 amide bonds. The number of nitrogens with zero attached hydrogens (tertiary/aromatic N) is 3. The molecule has 0 unspecified atom stereocenters. The molecule has 2 aliphatic rings. The van der Waals surface area contributed by atoms with Crippen molar-refractivity contribution in [3.8, 4) is 0 Å². The molecule has 162 valence electrons. The van der Waals surface area contributed by atoms with Crippen LogP contribution in [0.2, 0.25) is 0 Å². The molecule has 0 saturated carbocycles. The van der Waals surface area contributed by atoms with E-state index in [1.165, 1.54) is 33.4 Å². The highest BCUT2D eigenvalue weighted by Gasteiger charge is 2.25. The molecule has 0 aliphatic heterocycles. The normalized spacial score (nSPS) is 18.0. The second-order valence-electron chi connectivity index (χ2n) is 9.31. The molecule has 3 aromatic rings. The Morgan fingerprint density at radius 2 is 1.00 bits per heavy atom. The van der Waals surface area contributed by atoms with Crippen LogP contribution in [0.25, 0.3) is 0 Å². The number of pyridine rings is 1. The summed E-state index contributed by atoms with van der Waals surface area (Å²) in [4.78, 5) is 15.6. The number of rotatable bonds is 2. The Morgan fingerprint density at radius 1 is 0.594 bits per heavy atom. The standard InChI is InChI=1S/C29H31N3/c1-18-9-5-10-19(2)26(18)30-24-15-7-13-22-17-23-14-8-16-25(29(23)32-28(22)24)31-27-20(3)11-6-12-21(27)4/h5-6,9-12,17H,7-8,13-16H2,1-4H3. The summed E-state index contributed by atoms with van der Waals surface area (Å²) in [6.45, 7) is 8.58. The number of fused-ring (bicyclic) bond motifs is 2. The molecule has 32 heavy (non-hydrogen) atoms. The van der Waals surface area contributed by atoms with E-state index in [0.29, 0.717) is 0 Å². The predicted octanol–water partition coefficient (Wildman–Crippen LogP) is 7.23. The van der Waals surface area contributed by atoms with E-state index in [4.69, 9.17) is 15.0 Å². The van der Waals surface area contributed by atoms with Gasteiger partial charge in [-0.05, 0) is 99.6 Å². The fourth-order valence-electron chi connectivity index (χ4n) is 5.06. The van der Waals surface area contributed by atoms with E-state index in [2.05, 4.69) is 70.2 Å². The zero-order valence-electron chi connectivity index (χ0n) is 19.6. The molecule has 0 bridgehead atoms. The van der Waals surface area contributed by atoms with Gasteiger partial charge >= 0.3 is 0 Å². The first-order valence-electron chi connectivity index (χ1n) is 11.8. The van der Waals surface area contributed by atoms with Gasteiger partial charge in [0.2, 0.25) is 0 Å². The predicted molar refractivity (Wildman–Crippen MR) is 134 cm³/mol. The van der Waals surface area contributed by atoms with Crippen LogP contribution < -0.4 is 0 Å². The maximum Gasteiger partial charge on any atom is 0.0884 e. The van der Waals surface area contributed by atoms with Crippen molar-refractivity contribution in [2.45, 2.75) is 66.2 Å². The molecule has 5 rings (SSSR count). The Hall–Kier alpha value is -3.07. The molecule has 1 aromatic heterocycles. The van der Waals surface area contributed by atoms with E-state index in [-0.39, 0.29) is 0 Å². The van der Waals surface area contributed by atoms with Crippen LogP contribution >= 0.6 is 0 Å². The van der Waals surface area contributed by atoms with Crippen LogP contribution in [0.4, 0.5) is 11.4 Å². The summed E-state index contributed by atoms with van der Waals surface area (Å²) >= 11 is 0. The Labute approximate surface area is 191 Å². The van der Waals surface area contributed by atoms with Gasteiger partial charge in [0.1, 0.15) is 0 Å². The summed E-state index contributed by atoms with van der Waals surface area (Å²) in [6, 6.07) is 15.2. The average molecular weight is 422 g/mol. The first kappa shape index (κ1) is 20.8. The SMILES string of the molecule is Cc1cccc(C)c1N=C1CCCc2cc3c(nc21)C(=Nc1c(C)cccc1C)CCC3. The number of benzene rings is 2. The van der Waals surface area contributed by atoms with Crippen LogP contribution in [0.1, 0.15) is 70.5 Å². The summed E-state index contributed by atoms with van der Waals surface area (Å²) in [5, 5.41) is 0. The Morgan fingerprint density at radius 3 is 1.41 bits per heavy atom. The lowest BCUT2D eigenvalue weighted by Gasteiger charge is -2.24. The molecule has 2 aromatic carbocycles. The van der Waals surface area contributed by atoms with Gasteiger partial charge < -0.3 is 0 Å². The summed E-state index contributed by atoms with van der Waals surface area (Å²) in [5.41, 5.74) is 14.2. The topological polar surface area (TPSA) is 37.6 Å². The minimum atomic E-state index is 0.982. The highest BCUT2D eigenvalue weighted by molar-refractivity contribution is 6.06. The lowest BCUT2D eigenvalue weighted by Crippen LogP contribution is -2.21. The highest BCUT2D eigenvalue weighted by atomic mass is 14.9. The van der Waals surface area contributed by atoms with Crippen LogP contribution in [-0.4, -0.2) is 16.4 Å². The quantitative estimate of drug-likeness (QED) is 0.430. The van der Waals surface area contributed by atoms with Crippen molar-refractivity contribution in [3.05, 3.63) is 87.2 Å². The maximum atomic E-state index is 5.27. The molecule has 0 spiro atoms. The molecule has 0 fully saturated rings. The summed E-state index contributed by atoms with van der Waals surface area (Å²) in [6.07, 6.45) is 6.42. The molecule has 0 atom stereocenters. The molecule has 0 N–H and O–H groups in total. The third-order valence-electron chi connectivity index (χ3n) is 6.82. The van der Waals surface area contributed by atoms with Crippen molar-refractivity contribution >= 4 is 22.8 Å². The Balaban J connectivity index is 1.64. The zero-order valence-corrected chi connectivity index (χ0v) is 19.6. The van der Waals surface area contributed by atoms with Crippen LogP contribution in [0.15, 0.2) is 52.4 Å². The van der Waals surface area contributed by atoms with E-state index in [9.17, 15) is 0 Å². The summed E-state index contributed by atoms with van der Waals surface area (Å²) < 4.78 is 0. The number of aryl methyl sites for hydroxylation is 6. The van der Waals surface area contributed by atoms with Gasteiger partial charge in [-0.2, -0.15) is 0 Å². The van der Waals surface area contributed by atoms with Gasteiger partial charge in [0, 0.05) is 0 Å². The second-order valence-corrected chi connectivity index (χ2v) is 9.31. The molecular formula is C29H31N3. The minimum absolute atomic E-state index is 0.982. The molecule has 0 radical (unpaired) electrons. The number of aromatic nitrogens is 1. The van der Waals surface area contributed by atoms with Crippen LogP contribution in [-0.2, 0) is 12.8 Å². The number of hydrogen-bond donors (Lipinski definition) is 0. The zero-order chi connectivity index (χ0) is 22.2. The van der Waals surface area contributed by atoms with Gasteiger partial charge in [0.25, 0.3) is 0 Å². The summed E-state index contributed by atoms with van der Waals surface area (Å²) in [7, 11) is 0. The van der Waals surface area contributed by atoms with Gasteiger partial charge in [-0.1, -0.05) is 42.5 Å². The van der Waals surface area contributed by atoms with Gasteiger partial charge in [0.05, 0.1) is 34.2 Å². The molecule has 2 aliphatic carbocycles. The maximum absolute atomic E-state index is 5.27. The third kappa shape index (κ3) is 3.81. The molecule has 3 heteroatoms. The van der Waals surface area contributed by atoms with Crippen LogP contribution in [0.3, 0.4) is 0 Å². The van der Waals surface area contributed by atoms with Crippen molar-refractivity contribution < 1.29 is 0 Å². The van der Waals surface area contributed by atoms with Crippen molar-refractivity contribution in [2.75, 3.05) is 0 Å². The number of aliphatic imine (C=N–C) groups is 2. The second kappa shape index (κ2) is 8.46. The van der Waals surface area contributed by atoms with E-state index >= 15 is 0 Å². The van der Waals surface area contributed by atoms with Crippen molar-refractivity contribution in [2.24, 2.45) is 9.98 Å². The largest absolute Gasteiger partial charge is 0.251 e. The third-order valence-corrected chi connectivity index (χ3v) is 6.82.